The molecule has 0 radical (unpaired) electrons. The highest BCUT2D eigenvalue weighted by atomic mass is 32.1. The molecule has 0 saturated carbocycles. The molecule has 0 saturated heterocycles. The van der Waals surface area contributed by atoms with Crippen molar-refractivity contribution in [2.45, 2.75) is 58.2 Å². The number of ether oxygens (including phenoxy) is 2. The molecule has 0 fully saturated rings. The third kappa shape index (κ3) is 4.02. The van der Waals surface area contributed by atoms with Gasteiger partial charge in [-0.15, -0.1) is 11.3 Å². The number of methoxy groups -OCH3 is 2. The molecule has 31 heavy (non-hydrogen) atoms. The molecule has 164 valence electrons. The largest absolute Gasteiger partial charge is 0.493 e. The van der Waals surface area contributed by atoms with Crippen LogP contribution in [-0.2, 0) is 24.9 Å². The zero-order chi connectivity index (χ0) is 22.4. The molecule has 0 atom stereocenters. The summed E-state index contributed by atoms with van der Waals surface area (Å²) in [7, 11) is 3.32. The van der Waals surface area contributed by atoms with Gasteiger partial charge in [0.25, 0.3) is 0 Å². The lowest BCUT2D eigenvalue weighted by Crippen LogP contribution is -2.54. The lowest BCUT2D eigenvalue weighted by atomic mass is 9.81. The summed E-state index contributed by atoms with van der Waals surface area (Å²) in [5, 5.41) is 14.4. The van der Waals surface area contributed by atoms with Crippen molar-refractivity contribution in [3.63, 3.8) is 0 Å². The van der Waals surface area contributed by atoms with Gasteiger partial charge in [0.05, 0.1) is 26.1 Å². The minimum absolute atomic E-state index is 0.0547. The molecule has 6 nitrogen and oxygen atoms in total. The normalized spacial score (nSPS) is 18.9. The van der Waals surface area contributed by atoms with Gasteiger partial charge in [-0.1, -0.05) is 0 Å². The number of nitriles is 1. The van der Waals surface area contributed by atoms with Crippen molar-refractivity contribution >= 4 is 22.7 Å². The Labute approximate surface area is 188 Å². The van der Waals surface area contributed by atoms with E-state index < -0.39 is 0 Å². The van der Waals surface area contributed by atoms with E-state index in [1.807, 2.05) is 6.34 Å². The number of fused-ring (bicyclic) bond motifs is 2. The van der Waals surface area contributed by atoms with Gasteiger partial charge in [0.2, 0.25) is 0 Å². The maximum atomic E-state index is 9.90. The van der Waals surface area contributed by atoms with E-state index in [4.69, 9.17) is 14.5 Å². The average molecular weight is 439 g/mol. The van der Waals surface area contributed by atoms with E-state index in [9.17, 15) is 5.26 Å². The predicted octanol–water partition coefficient (Wildman–Crippen LogP) is 4.51. The van der Waals surface area contributed by atoms with Crippen molar-refractivity contribution in [2.24, 2.45) is 4.99 Å². The van der Waals surface area contributed by atoms with Crippen LogP contribution in [-0.4, -0.2) is 37.5 Å². The highest BCUT2D eigenvalue weighted by Crippen LogP contribution is 2.45. The fraction of sp³-hybridized carbons (Fsp3) is 0.500. The molecule has 0 unspecified atom stereocenters. The molecule has 1 N–H and O–H groups in total. The lowest BCUT2D eigenvalue weighted by Gasteiger charge is -2.42. The molecular weight excluding hydrogens is 408 g/mol. The summed E-state index contributed by atoms with van der Waals surface area (Å²) in [6.45, 7) is 10.4. The molecule has 3 heterocycles. The molecule has 1 aromatic carbocycles. The molecule has 2 aromatic rings. The van der Waals surface area contributed by atoms with Gasteiger partial charge >= 0.3 is 0 Å². The number of nitrogens with one attached hydrogen (secondary N) is 1. The number of benzene rings is 1. The first-order chi connectivity index (χ1) is 14.7. The van der Waals surface area contributed by atoms with E-state index in [0.717, 1.165) is 53.6 Å². The van der Waals surface area contributed by atoms with E-state index in [1.165, 1.54) is 16.0 Å². The van der Waals surface area contributed by atoms with Gasteiger partial charge in [0.15, 0.2) is 11.5 Å². The molecule has 0 spiro atoms. The summed E-state index contributed by atoms with van der Waals surface area (Å²) >= 11 is 1.63. The molecule has 7 heteroatoms. The van der Waals surface area contributed by atoms with Crippen LogP contribution < -0.4 is 14.8 Å². The van der Waals surface area contributed by atoms with Crippen LogP contribution in [0.5, 0.6) is 11.5 Å². The second-order valence-electron chi connectivity index (χ2n) is 9.45. The van der Waals surface area contributed by atoms with Crippen molar-refractivity contribution in [3.8, 4) is 17.6 Å². The number of thiophene rings is 1. The molecule has 2 aliphatic heterocycles. The number of nitrogens with zero attached hydrogens (tertiary/aromatic N) is 3. The van der Waals surface area contributed by atoms with E-state index in [2.05, 4.69) is 56.1 Å². The Bertz CT molecular complexity index is 1080. The molecule has 0 amide bonds. The number of rotatable bonds is 4. The Morgan fingerprint density at radius 2 is 1.84 bits per heavy atom. The Morgan fingerprint density at radius 1 is 1.16 bits per heavy atom. The second kappa shape index (κ2) is 7.85. The van der Waals surface area contributed by atoms with Gasteiger partial charge in [-0.2, -0.15) is 5.26 Å². The van der Waals surface area contributed by atoms with Gasteiger partial charge in [0.1, 0.15) is 11.1 Å². The molecule has 4 rings (SSSR count). The summed E-state index contributed by atoms with van der Waals surface area (Å²) in [5.41, 5.74) is 4.13. The average Bonchev–Trinajstić information content (AvgIpc) is 3.07. The zero-order valence-corrected chi connectivity index (χ0v) is 19.9. The Morgan fingerprint density at radius 3 is 2.48 bits per heavy atom. The number of hydrogen-bond acceptors (Lipinski definition) is 6. The van der Waals surface area contributed by atoms with Crippen LogP contribution in [0.4, 0.5) is 5.00 Å². The molecule has 2 aliphatic rings. The molecular formula is C24H30N4O2S. The SMILES string of the molecule is COc1cc2c(cc1OC)CN(/C=N/c1sc3c(c1C#N)CC(C)(C)NC3(C)C)CC2. The van der Waals surface area contributed by atoms with Crippen LogP contribution in [0.15, 0.2) is 17.1 Å². The molecule has 1 aromatic heterocycles. The monoisotopic (exact) mass is 438 g/mol. The molecule has 0 bridgehead atoms. The van der Waals surface area contributed by atoms with E-state index in [1.54, 1.807) is 25.6 Å². The first kappa shape index (κ1) is 21.7. The summed E-state index contributed by atoms with van der Waals surface area (Å²) < 4.78 is 10.9. The second-order valence-corrected chi connectivity index (χ2v) is 10.5. The van der Waals surface area contributed by atoms with Crippen LogP contribution in [0.2, 0.25) is 0 Å². The number of aliphatic imine (C=N–C) groups is 1. The summed E-state index contributed by atoms with van der Waals surface area (Å²) in [6.07, 6.45) is 3.64. The standard InChI is InChI=1S/C24H30N4O2S/c1-23(2)11-17-18(12-25)22(31-21(17)24(3,4)27-23)26-14-28-8-7-15-9-19(29-5)20(30-6)10-16(15)13-28/h9-10,14,27H,7-8,11,13H2,1-6H3/b26-14+. The quantitative estimate of drug-likeness (QED) is 0.562. The smallest absolute Gasteiger partial charge is 0.161 e. The van der Waals surface area contributed by atoms with Crippen LogP contribution >= 0.6 is 11.3 Å². The summed E-state index contributed by atoms with van der Waals surface area (Å²) in [4.78, 5) is 8.20. The third-order valence-electron chi connectivity index (χ3n) is 6.02. The van der Waals surface area contributed by atoms with Crippen molar-refractivity contribution in [3.05, 3.63) is 39.3 Å². The Kier molecular flexibility index (Phi) is 5.48. The fourth-order valence-electron chi connectivity index (χ4n) is 4.86. The lowest BCUT2D eigenvalue weighted by molar-refractivity contribution is 0.247. The Hall–Kier alpha value is -2.56. The predicted molar refractivity (Wildman–Crippen MR) is 125 cm³/mol. The van der Waals surface area contributed by atoms with Crippen molar-refractivity contribution < 1.29 is 9.47 Å². The van der Waals surface area contributed by atoms with Crippen molar-refractivity contribution in [1.82, 2.24) is 10.2 Å². The van der Waals surface area contributed by atoms with Gasteiger partial charge in [-0.3, -0.25) is 0 Å². The van der Waals surface area contributed by atoms with Gasteiger partial charge < -0.3 is 19.7 Å². The first-order valence-corrected chi connectivity index (χ1v) is 11.4. The third-order valence-corrected chi connectivity index (χ3v) is 7.49. The fourth-order valence-corrected chi connectivity index (χ4v) is 6.03. The maximum absolute atomic E-state index is 9.90. The number of hydrogen-bond donors (Lipinski definition) is 1. The summed E-state index contributed by atoms with van der Waals surface area (Å²) in [6, 6.07) is 6.55. The van der Waals surface area contributed by atoms with Crippen LogP contribution in [0.1, 0.15) is 54.8 Å². The van der Waals surface area contributed by atoms with Crippen LogP contribution in [0.25, 0.3) is 0 Å². The highest BCUT2D eigenvalue weighted by molar-refractivity contribution is 7.16. The van der Waals surface area contributed by atoms with Gasteiger partial charge in [-0.25, -0.2) is 4.99 Å². The molecule has 0 aliphatic carbocycles. The minimum Gasteiger partial charge on any atom is -0.493 e. The topological polar surface area (TPSA) is 69.9 Å². The first-order valence-electron chi connectivity index (χ1n) is 10.5. The van der Waals surface area contributed by atoms with Crippen molar-refractivity contribution in [1.29, 1.82) is 5.26 Å². The zero-order valence-electron chi connectivity index (χ0n) is 19.1. The van der Waals surface area contributed by atoms with Gasteiger partial charge in [-0.05, 0) is 69.4 Å². The van der Waals surface area contributed by atoms with Gasteiger partial charge in [0, 0.05) is 29.0 Å². The van der Waals surface area contributed by atoms with E-state index in [0.29, 0.717) is 0 Å². The maximum Gasteiger partial charge on any atom is 0.161 e. The summed E-state index contributed by atoms with van der Waals surface area (Å²) in [5.74, 6) is 1.51. The van der Waals surface area contributed by atoms with Crippen molar-refractivity contribution in [2.75, 3.05) is 20.8 Å². The van der Waals surface area contributed by atoms with Crippen LogP contribution in [0.3, 0.4) is 0 Å². The van der Waals surface area contributed by atoms with Crippen LogP contribution in [0, 0.1) is 11.3 Å². The highest BCUT2D eigenvalue weighted by Gasteiger charge is 2.40. The van der Waals surface area contributed by atoms with E-state index >= 15 is 0 Å². The Balaban J connectivity index is 1.61. The van der Waals surface area contributed by atoms with E-state index in [-0.39, 0.29) is 11.1 Å². The minimum atomic E-state index is -0.180.